The quantitative estimate of drug-likeness (QED) is 0.610. The number of nitrogens with zero attached hydrogens (tertiary/aromatic N) is 5. The van der Waals surface area contributed by atoms with Gasteiger partial charge in [0.1, 0.15) is 10.8 Å². The van der Waals surface area contributed by atoms with E-state index in [9.17, 15) is 9.18 Å². The van der Waals surface area contributed by atoms with E-state index in [1.54, 1.807) is 24.5 Å². The zero-order chi connectivity index (χ0) is 21.9. The van der Waals surface area contributed by atoms with Crippen molar-refractivity contribution in [2.24, 2.45) is 0 Å². The molecule has 7 nitrogen and oxygen atoms in total. The minimum atomic E-state index is -0.324. The third-order valence-corrected chi connectivity index (χ3v) is 6.82. The fraction of sp³-hybridized carbons (Fsp3) is 0.391. The molecule has 5 rings (SSSR count). The van der Waals surface area contributed by atoms with E-state index in [0.717, 1.165) is 55.2 Å². The zero-order valence-electron chi connectivity index (χ0n) is 17.7. The summed E-state index contributed by atoms with van der Waals surface area (Å²) >= 11 is 1.51. The van der Waals surface area contributed by atoms with Gasteiger partial charge in [-0.05, 0) is 56.0 Å². The van der Waals surface area contributed by atoms with Crippen LogP contribution in [0.25, 0.3) is 10.6 Å². The Morgan fingerprint density at radius 3 is 2.88 bits per heavy atom. The number of carbonyl (C=O) groups excluding carboxylic acids is 1. The molecule has 2 fully saturated rings. The highest BCUT2D eigenvalue weighted by Crippen LogP contribution is 2.32. The van der Waals surface area contributed by atoms with Crippen LogP contribution in [0.4, 0.5) is 15.0 Å². The summed E-state index contributed by atoms with van der Waals surface area (Å²) in [6, 6.07) is 9.00. The van der Waals surface area contributed by atoms with Gasteiger partial charge in [0, 0.05) is 54.6 Å². The number of nitrogens with one attached hydrogen (secondary N) is 1. The van der Waals surface area contributed by atoms with Crippen LogP contribution in [-0.2, 0) is 6.54 Å². The van der Waals surface area contributed by atoms with E-state index in [1.165, 1.54) is 17.4 Å². The molecule has 3 heterocycles. The second kappa shape index (κ2) is 9.20. The summed E-state index contributed by atoms with van der Waals surface area (Å²) in [6.07, 6.45) is 7.37. The number of carbonyl (C=O) groups is 1. The molecule has 2 aromatic heterocycles. The van der Waals surface area contributed by atoms with Crippen molar-refractivity contribution in [1.82, 2.24) is 25.4 Å². The van der Waals surface area contributed by atoms with Crippen LogP contribution in [0.15, 0.2) is 48.1 Å². The average Bonchev–Trinajstić information content (AvgIpc) is 3.50. The van der Waals surface area contributed by atoms with Crippen LogP contribution in [0.1, 0.15) is 31.2 Å². The second-order valence-corrected chi connectivity index (χ2v) is 9.16. The summed E-state index contributed by atoms with van der Waals surface area (Å²) in [6.45, 7) is 1.79. The molecule has 32 heavy (non-hydrogen) atoms. The predicted octanol–water partition coefficient (Wildman–Crippen LogP) is 4.08. The highest BCUT2D eigenvalue weighted by atomic mass is 32.1. The van der Waals surface area contributed by atoms with Gasteiger partial charge in [0.2, 0.25) is 0 Å². The first-order valence-electron chi connectivity index (χ1n) is 11.0. The molecule has 1 aliphatic carbocycles. The molecule has 1 saturated heterocycles. The summed E-state index contributed by atoms with van der Waals surface area (Å²) in [7, 11) is 0. The number of hydrogen-bond donors (Lipinski definition) is 1. The van der Waals surface area contributed by atoms with Gasteiger partial charge < -0.3 is 15.1 Å². The number of piperidine rings is 1. The second-order valence-electron chi connectivity index (χ2n) is 8.26. The largest absolute Gasteiger partial charge is 0.353 e. The van der Waals surface area contributed by atoms with Gasteiger partial charge in [-0.2, -0.15) is 5.10 Å². The third kappa shape index (κ3) is 4.57. The molecule has 0 radical (unpaired) electrons. The lowest BCUT2D eigenvalue weighted by molar-refractivity contribution is 0.160. The topological polar surface area (TPSA) is 74.2 Å². The van der Waals surface area contributed by atoms with Gasteiger partial charge >= 0.3 is 6.03 Å². The molecule has 1 atom stereocenters. The number of benzene rings is 1. The lowest BCUT2D eigenvalue weighted by Crippen LogP contribution is -2.54. The van der Waals surface area contributed by atoms with Crippen LogP contribution >= 0.6 is 11.3 Å². The Kier molecular flexibility index (Phi) is 5.98. The number of rotatable bonds is 6. The lowest BCUT2D eigenvalue weighted by Gasteiger charge is -2.40. The van der Waals surface area contributed by atoms with Gasteiger partial charge in [0.05, 0.1) is 6.04 Å². The summed E-state index contributed by atoms with van der Waals surface area (Å²) in [5.41, 5.74) is 1.32. The van der Waals surface area contributed by atoms with Crippen LogP contribution in [-0.4, -0.2) is 51.3 Å². The molecule has 1 aliphatic heterocycles. The van der Waals surface area contributed by atoms with E-state index >= 15 is 0 Å². The molecule has 2 aliphatic rings. The first kappa shape index (κ1) is 20.8. The molecule has 3 aromatic rings. The number of aromatic nitrogens is 3. The van der Waals surface area contributed by atoms with Crippen LogP contribution in [0.3, 0.4) is 0 Å². The van der Waals surface area contributed by atoms with Crippen LogP contribution < -0.4 is 10.2 Å². The fourth-order valence-electron chi connectivity index (χ4n) is 4.31. The molecule has 9 heteroatoms. The number of thiazole rings is 1. The number of amides is 2. The van der Waals surface area contributed by atoms with Crippen LogP contribution in [0, 0.1) is 5.82 Å². The van der Waals surface area contributed by atoms with Gasteiger partial charge in [0.15, 0.2) is 5.82 Å². The molecule has 2 amide bonds. The minimum absolute atomic E-state index is 0.102. The van der Waals surface area contributed by atoms with Gasteiger partial charge in [-0.1, -0.05) is 0 Å². The maximum Gasteiger partial charge on any atom is 0.318 e. The molecule has 1 saturated carbocycles. The van der Waals surface area contributed by atoms with Gasteiger partial charge in [0.25, 0.3) is 0 Å². The minimum Gasteiger partial charge on any atom is -0.353 e. The Bertz CT molecular complexity index is 1060. The van der Waals surface area contributed by atoms with Crippen LogP contribution in [0.5, 0.6) is 0 Å². The number of anilines is 1. The average molecular weight is 453 g/mol. The van der Waals surface area contributed by atoms with E-state index in [2.05, 4.69) is 25.4 Å². The summed E-state index contributed by atoms with van der Waals surface area (Å²) in [4.78, 5) is 21.7. The van der Waals surface area contributed by atoms with Gasteiger partial charge in [-0.3, -0.25) is 0 Å². The first-order chi connectivity index (χ1) is 15.7. The smallest absolute Gasteiger partial charge is 0.318 e. The van der Waals surface area contributed by atoms with Crippen molar-refractivity contribution in [1.29, 1.82) is 0 Å². The Balaban J connectivity index is 1.27. The summed E-state index contributed by atoms with van der Waals surface area (Å²) in [5.74, 6) is 0.518. The molecule has 0 bridgehead atoms. The third-order valence-electron chi connectivity index (χ3n) is 6.00. The molecule has 1 N–H and O–H groups in total. The SMILES string of the molecule is O=C(NCc1cc(-c2nccs2)ccc1F)N(C1CC1)[C@@H]1CCCN(c2cccnn2)C1. The fourth-order valence-corrected chi connectivity index (χ4v) is 4.94. The maximum atomic E-state index is 14.4. The Morgan fingerprint density at radius 1 is 1.22 bits per heavy atom. The molecular weight excluding hydrogens is 427 g/mol. The lowest BCUT2D eigenvalue weighted by atomic mass is 10.0. The summed E-state index contributed by atoms with van der Waals surface area (Å²) in [5, 5.41) is 13.9. The normalized spacial score (nSPS) is 18.4. The highest BCUT2D eigenvalue weighted by molar-refractivity contribution is 7.13. The predicted molar refractivity (Wildman–Crippen MR) is 122 cm³/mol. The Labute approximate surface area is 190 Å². The van der Waals surface area contributed by atoms with E-state index in [1.807, 2.05) is 22.4 Å². The number of hydrogen-bond acceptors (Lipinski definition) is 6. The molecule has 1 aromatic carbocycles. The van der Waals surface area contributed by atoms with Crippen molar-refractivity contribution in [2.75, 3.05) is 18.0 Å². The van der Waals surface area contributed by atoms with Crippen molar-refractivity contribution in [3.63, 3.8) is 0 Å². The van der Waals surface area contributed by atoms with Crippen molar-refractivity contribution in [2.45, 2.75) is 44.3 Å². The highest BCUT2D eigenvalue weighted by Gasteiger charge is 2.39. The van der Waals surface area contributed by atoms with Crippen LogP contribution in [0.2, 0.25) is 0 Å². The first-order valence-corrected chi connectivity index (χ1v) is 11.8. The van der Waals surface area contributed by atoms with E-state index < -0.39 is 0 Å². The van der Waals surface area contributed by atoms with Gasteiger partial charge in [-0.15, -0.1) is 16.4 Å². The van der Waals surface area contributed by atoms with Gasteiger partial charge in [-0.25, -0.2) is 14.2 Å². The van der Waals surface area contributed by atoms with E-state index in [0.29, 0.717) is 5.56 Å². The monoisotopic (exact) mass is 452 g/mol. The molecule has 166 valence electrons. The maximum absolute atomic E-state index is 14.4. The number of urea groups is 1. The Hall–Kier alpha value is -3.07. The van der Waals surface area contributed by atoms with Crippen molar-refractivity contribution in [3.8, 4) is 10.6 Å². The van der Waals surface area contributed by atoms with Crippen molar-refractivity contribution < 1.29 is 9.18 Å². The molecule has 0 spiro atoms. The van der Waals surface area contributed by atoms with Crippen molar-refractivity contribution in [3.05, 3.63) is 59.5 Å². The molecule has 0 unspecified atom stereocenters. The Morgan fingerprint density at radius 2 is 2.12 bits per heavy atom. The van der Waals surface area contributed by atoms with E-state index in [4.69, 9.17) is 0 Å². The zero-order valence-corrected chi connectivity index (χ0v) is 18.5. The summed E-state index contributed by atoms with van der Waals surface area (Å²) < 4.78 is 14.4. The standard InChI is InChI=1S/C23H25FN6OS/c24-20-8-5-16(22-25-10-12-32-22)13-17(20)14-26-23(31)30(18-6-7-18)19-3-2-11-29(15-19)21-4-1-9-27-28-21/h1,4-5,8-10,12-13,18-19H,2-3,6-7,11,14-15H2,(H,26,31)/t19-/m1/s1. The van der Waals surface area contributed by atoms with Crippen molar-refractivity contribution >= 4 is 23.2 Å². The number of halogens is 1. The molecular formula is C23H25FN6OS. The van der Waals surface area contributed by atoms with E-state index in [-0.39, 0.29) is 30.5 Å².